The molecule has 1 aliphatic rings. The van der Waals surface area contributed by atoms with E-state index in [1.807, 2.05) is 0 Å². The number of primary sulfonamides is 1. The second kappa shape index (κ2) is 6.04. The maximum absolute atomic E-state index is 12.6. The molecule has 0 atom stereocenters. The van der Waals surface area contributed by atoms with Crippen molar-refractivity contribution in [2.75, 3.05) is 7.05 Å². The Balaban J connectivity index is 2.35. The van der Waals surface area contributed by atoms with Crippen LogP contribution in [0.4, 0.5) is 0 Å². The third-order valence-electron chi connectivity index (χ3n) is 3.90. The normalized spacial score (nSPS) is 18.0. The first-order chi connectivity index (χ1) is 9.73. The average Bonchev–Trinajstić information content (AvgIpc) is 2.46. The fourth-order valence-electron chi connectivity index (χ4n) is 2.62. The van der Waals surface area contributed by atoms with Gasteiger partial charge in [0, 0.05) is 13.1 Å². The lowest BCUT2D eigenvalue weighted by molar-refractivity contribution is 0.286. The van der Waals surface area contributed by atoms with Crippen LogP contribution in [-0.2, 0) is 20.0 Å². The minimum atomic E-state index is -3.92. The monoisotopic (exact) mass is 332 g/mol. The highest BCUT2D eigenvalue weighted by molar-refractivity contribution is 7.90. The van der Waals surface area contributed by atoms with Crippen molar-refractivity contribution in [3.8, 4) is 0 Å². The number of hydrogen-bond donors (Lipinski definition) is 1. The van der Waals surface area contributed by atoms with E-state index >= 15 is 0 Å². The number of sulfonamides is 2. The predicted octanol–water partition coefficient (Wildman–Crippen LogP) is 1.29. The Morgan fingerprint density at radius 3 is 2.19 bits per heavy atom. The first kappa shape index (κ1) is 16.4. The average molecular weight is 332 g/mol. The van der Waals surface area contributed by atoms with Gasteiger partial charge in [0.05, 0.1) is 9.79 Å². The molecule has 1 aromatic carbocycles. The van der Waals surface area contributed by atoms with Crippen LogP contribution < -0.4 is 5.14 Å². The second-order valence-corrected chi connectivity index (χ2v) is 8.89. The van der Waals surface area contributed by atoms with Crippen LogP contribution >= 0.6 is 0 Å². The molecule has 8 heteroatoms. The highest BCUT2D eigenvalue weighted by Gasteiger charge is 2.29. The fourth-order valence-corrected chi connectivity index (χ4v) is 4.72. The molecule has 1 aromatic rings. The van der Waals surface area contributed by atoms with Crippen molar-refractivity contribution in [1.82, 2.24) is 4.31 Å². The summed E-state index contributed by atoms with van der Waals surface area (Å²) in [5.74, 6) is 0. The molecule has 118 valence electrons. The summed E-state index contributed by atoms with van der Waals surface area (Å²) in [5, 5.41) is 5.05. The molecule has 0 amide bonds. The Morgan fingerprint density at radius 2 is 1.62 bits per heavy atom. The molecule has 6 nitrogen and oxygen atoms in total. The number of hydrogen-bond acceptors (Lipinski definition) is 4. The number of nitrogens with two attached hydrogens (primary N) is 1. The van der Waals surface area contributed by atoms with E-state index in [1.165, 1.54) is 22.5 Å². The van der Waals surface area contributed by atoms with Crippen molar-refractivity contribution in [2.24, 2.45) is 5.14 Å². The Kier molecular flexibility index (Phi) is 4.72. The maximum Gasteiger partial charge on any atom is 0.243 e. The number of benzene rings is 1. The summed E-state index contributed by atoms with van der Waals surface area (Å²) in [6, 6.07) is 5.16. The first-order valence-electron chi connectivity index (χ1n) is 6.84. The summed E-state index contributed by atoms with van der Waals surface area (Å²) in [7, 11) is -6.08. The van der Waals surface area contributed by atoms with E-state index in [1.54, 1.807) is 7.05 Å². The molecular weight excluding hydrogens is 312 g/mol. The zero-order valence-electron chi connectivity index (χ0n) is 11.9. The van der Waals surface area contributed by atoms with Gasteiger partial charge in [-0.2, -0.15) is 4.31 Å². The largest absolute Gasteiger partial charge is 0.243 e. The van der Waals surface area contributed by atoms with E-state index in [4.69, 9.17) is 5.14 Å². The lowest BCUT2D eigenvalue weighted by Gasteiger charge is -2.30. The van der Waals surface area contributed by atoms with Crippen molar-refractivity contribution in [2.45, 2.75) is 47.9 Å². The molecule has 0 bridgehead atoms. The lowest BCUT2D eigenvalue weighted by atomic mass is 9.96. The molecule has 0 aromatic heterocycles. The summed E-state index contributed by atoms with van der Waals surface area (Å²) >= 11 is 0. The van der Waals surface area contributed by atoms with Crippen LogP contribution in [-0.4, -0.2) is 34.2 Å². The fraction of sp³-hybridized carbons (Fsp3) is 0.538. The molecule has 0 spiro atoms. The molecule has 1 aliphatic carbocycles. The van der Waals surface area contributed by atoms with Gasteiger partial charge in [-0.25, -0.2) is 22.0 Å². The third-order valence-corrected chi connectivity index (χ3v) is 6.72. The molecule has 1 saturated carbocycles. The van der Waals surface area contributed by atoms with Crippen LogP contribution in [0, 0.1) is 0 Å². The highest BCUT2D eigenvalue weighted by atomic mass is 32.2. The van der Waals surface area contributed by atoms with Gasteiger partial charge in [0.15, 0.2) is 0 Å². The zero-order chi connectivity index (χ0) is 15.7. The zero-order valence-corrected chi connectivity index (χ0v) is 13.5. The van der Waals surface area contributed by atoms with Crippen LogP contribution in [0.25, 0.3) is 0 Å². The molecule has 0 unspecified atom stereocenters. The Hall–Kier alpha value is -0.960. The van der Waals surface area contributed by atoms with Crippen LogP contribution in [0.2, 0.25) is 0 Å². The minimum absolute atomic E-state index is 0.0260. The van der Waals surface area contributed by atoms with Gasteiger partial charge < -0.3 is 0 Å². The van der Waals surface area contributed by atoms with Crippen molar-refractivity contribution < 1.29 is 16.8 Å². The number of rotatable bonds is 4. The van der Waals surface area contributed by atoms with E-state index in [2.05, 4.69) is 0 Å². The highest BCUT2D eigenvalue weighted by Crippen LogP contribution is 2.27. The molecule has 0 radical (unpaired) electrons. The molecule has 0 saturated heterocycles. The molecule has 21 heavy (non-hydrogen) atoms. The first-order valence-corrected chi connectivity index (χ1v) is 9.82. The van der Waals surface area contributed by atoms with E-state index in [-0.39, 0.29) is 15.8 Å². The van der Waals surface area contributed by atoms with Gasteiger partial charge in [-0.1, -0.05) is 25.3 Å². The molecule has 2 N–H and O–H groups in total. The van der Waals surface area contributed by atoms with E-state index < -0.39 is 20.0 Å². The topological polar surface area (TPSA) is 97.5 Å². The van der Waals surface area contributed by atoms with Gasteiger partial charge in [0.1, 0.15) is 0 Å². The standard InChI is InChI=1S/C13H20N2O4S2/c1-15(11-6-3-2-4-7-11)21(18,19)13-9-5-8-12(10-13)20(14,16)17/h5,8-11H,2-4,6-7H2,1H3,(H2,14,16,17). The van der Waals surface area contributed by atoms with Gasteiger partial charge in [0.25, 0.3) is 0 Å². The Labute approximate surface area is 126 Å². The minimum Gasteiger partial charge on any atom is -0.225 e. The van der Waals surface area contributed by atoms with E-state index in [0.29, 0.717) is 0 Å². The van der Waals surface area contributed by atoms with Crippen LogP contribution in [0.15, 0.2) is 34.1 Å². The molecule has 0 aliphatic heterocycles. The summed E-state index contributed by atoms with van der Waals surface area (Å²) < 4.78 is 49.3. The van der Waals surface area contributed by atoms with Crippen LogP contribution in [0.5, 0.6) is 0 Å². The lowest BCUT2D eigenvalue weighted by Crippen LogP contribution is -2.38. The van der Waals surface area contributed by atoms with Crippen molar-refractivity contribution in [1.29, 1.82) is 0 Å². The molecule has 1 fully saturated rings. The molecule has 0 heterocycles. The number of nitrogens with zero attached hydrogens (tertiary/aromatic N) is 1. The summed E-state index contributed by atoms with van der Waals surface area (Å²) in [6.45, 7) is 0. The summed E-state index contributed by atoms with van der Waals surface area (Å²) in [4.78, 5) is -0.234. The van der Waals surface area contributed by atoms with Crippen molar-refractivity contribution in [3.63, 3.8) is 0 Å². The van der Waals surface area contributed by atoms with E-state index in [0.717, 1.165) is 38.2 Å². The quantitative estimate of drug-likeness (QED) is 0.898. The Morgan fingerprint density at radius 1 is 1.05 bits per heavy atom. The second-order valence-electron chi connectivity index (χ2n) is 5.33. The van der Waals surface area contributed by atoms with Crippen molar-refractivity contribution in [3.05, 3.63) is 24.3 Å². The maximum atomic E-state index is 12.6. The van der Waals surface area contributed by atoms with E-state index in [9.17, 15) is 16.8 Å². The Bertz CT molecular complexity index is 707. The van der Waals surface area contributed by atoms with Gasteiger partial charge in [-0.05, 0) is 31.0 Å². The van der Waals surface area contributed by atoms with Gasteiger partial charge in [-0.15, -0.1) is 0 Å². The smallest absolute Gasteiger partial charge is 0.225 e. The summed E-state index contributed by atoms with van der Waals surface area (Å²) in [6.07, 6.45) is 4.84. The van der Waals surface area contributed by atoms with Crippen molar-refractivity contribution >= 4 is 20.0 Å². The van der Waals surface area contributed by atoms with Crippen LogP contribution in [0.1, 0.15) is 32.1 Å². The molecular formula is C13H20N2O4S2. The summed E-state index contributed by atoms with van der Waals surface area (Å²) in [5.41, 5.74) is 0. The van der Waals surface area contributed by atoms with Gasteiger partial charge >= 0.3 is 0 Å². The van der Waals surface area contributed by atoms with Crippen LogP contribution in [0.3, 0.4) is 0 Å². The molecule has 2 rings (SSSR count). The SMILES string of the molecule is CN(C1CCCCC1)S(=O)(=O)c1cccc(S(N)(=O)=O)c1. The van der Waals surface area contributed by atoms with Gasteiger partial charge in [-0.3, -0.25) is 0 Å². The predicted molar refractivity (Wildman–Crippen MR) is 79.6 cm³/mol. The van der Waals surface area contributed by atoms with Gasteiger partial charge in [0.2, 0.25) is 20.0 Å². The third kappa shape index (κ3) is 3.63.